The van der Waals surface area contributed by atoms with Gasteiger partial charge in [0.25, 0.3) is 0 Å². The summed E-state index contributed by atoms with van der Waals surface area (Å²) in [5.74, 6) is -0.951. The third-order valence-electron chi connectivity index (χ3n) is 2.50. The summed E-state index contributed by atoms with van der Waals surface area (Å²) in [7, 11) is 0. The summed E-state index contributed by atoms with van der Waals surface area (Å²) in [6.07, 6.45) is -4.61. The first kappa shape index (κ1) is 13.3. The number of halogens is 4. The normalized spacial score (nSPS) is 11.6. The van der Waals surface area contributed by atoms with Crippen LogP contribution in [-0.2, 0) is 6.18 Å². The first-order valence-electron chi connectivity index (χ1n) is 5.25. The van der Waals surface area contributed by atoms with Gasteiger partial charge in [-0.1, -0.05) is 0 Å². The van der Waals surface area contributed by atoms with Gasteiger partial charge in [-0.3, -0.25) is 0 Å². The van der Waals surface area contributed by atoms with Crippen molar-refractivity contribution in [3.8, 4) is 11.3 Å². The van der Waals surface area contributed by atoms with Crippen LogP contribution in [0.2, 0.25) is 0 Å². The Morgan fingerprint density at radius 3 is 2.37 bits per heavy atom. The van der Waals surface area contributed by atoms with E-state index in [0.29, 0.717) is 11.1 Å². The van der Waals surface area contributed by atoms with E-state index < -0.39 is 23.6 Å². The summed E-state index contributed by atoms with van der Waals surface area (Å²) in [5.41, 5.74) is 5.00. The van der Waals surface area contributed by atoms with Gasteiger partial charge in [0.15, 0.2) is 5.69 Å². The second kappa shape index (κ2) is 4.49. The maximum atomic E-state index is 13.0. The standard InChI is InChI=1S/C12H9F4N3/c1-6-4-7(13)2-3-8(6)9-5-10(12(14,15)16)19-11(17)18-9/h2-5H,1H3,(H2,17,18,19). The number of aromatic nitrogens is 2. The van der Waals surface area contributed by atoms with E-state index in [1.165, 1.54) is 12.1 Å². The lowest BCUT2D eigenvalue weighted by Crippen LogP contribution is -2.11. The van der Waals surface area contributed by atoms with Crippen LogP contribution in [0, 0.1) is 12.7 Å². The van der Waals surface area contributed by atoms with Crippen molar-refractivity contribution in [2.24, 2.45) is 0 Å². The van der Waals surface area contributed by atoms with Gasteiger partial charge >= 0.3 is 6.18 Å². The molecule has 0 unspecified atom stereocenters. The molecular weight excluding hydrogens is 262 g/mol. The van der Waals surface area contributed by atoms with Crippen LogP contribution in [0.4, 0.5) is 23.5 Å². The van der Waals surface area contributed by atoms with Gasteiger partial charge < -0.3 is 5.73 Å². The van der Waals surface area contributed by atoms with Crippen LogP contribution < -0.4 is 5.73 Å². The minimum atomic E-state index is -4.61. The highest BCUT2D eigenvalue weighted by Gasteiger charge is 2.33. The number of benzene rings is 1. The van der Waals surface area contributed by atoms with Crippen molar-refractivity contribution in [3.05, 3.63) is 41.3 Å². The molecule has 7 heteroatoms. The van der Waals surface area contributed by atoms with Gasteiger partial charge in [-0.25, -0.2) is 14.4 Å². The fourth-order valence-corrected chi connectivity index (χ4v) is 1.66. The molecule has 0 aliphatic carbocycles. The number of nitrogens with zero attached hydrogens (tertiary/aromatic N) is 2. The third-order valence-corrected chi connectivity index (χ3v) is 2.50. The van der Waals surface area contributed by atoms with E-state index in [4.69, 9.17) is 5.73 Å². The van der Waals surface area contributed by atoms with Gasteiger partial charge in [0, 0.05) is 5.56 Å². The number of rotatable bonds is 1. The molecule has 0 aliphatic heterocycles. The average Bonchev–Trinajstić information content (AvgIpc) is 2.26. The lowest BCUT2D eigenvalue weighted by Gasteiger charge is -2.10. The molecule has 100 valence electrons. The van der Waals surface area contributed by atoms with Crippen molar-refractivity contribution >= 4 is 5.95 Å². The number of alkyl halides is 3. The van der Waals surface area contributed by atoms with Crippen LogP contribution in [0.25, 0.3) is 11.3 Å². The number of anilines is 1. The monoisotopic (exact) mass is 271 g/mol. The zero-order valence-electron chi connectivity index (χ0n) is 9.79. The lowest BCUT2D eigenvalue weighted by molar-refractivity contribution is -0.141. The number of hydrogen-bond acceptors (Lipinski definition) is 3. The van der Waals surface area contributed by atoms with Gasteiger partial charge in [-0.15, -0.1) is 0 Å². The largest absolute Gasteiger partial charge is 0.433 e. The Balaban J connectivity index is 2.59. The molecule has 0 spiro atoms. The maximum absolute atomic E-state index is 13.0. The third kappa shape index (κ3) is 2.81. The van der Waals surface area contributed by atoms with Crippen molar-refractivity contribution in [1.29, 1.82) is 0 Å². The second-order valence-corrected chi connectivity index (χ2v) is 3.95. The topological polar surface area (TPSA) is 51.8 Å². The zero-order chi connectivity index (χ0) is 14.2. The lowest BCUT2D eigenvalue weighted by atomic mass is 10.0. The van der Waals surface area contributed by atoms with E-state index in [2.05, 4.69) is 9.97 Å². The summed E-state index contributed by atoms with van der Waals surface area (Å²) in [5, 5.41) is 0. The number of hydrogen-bond donors (Lipinski definition) is 1. The number of nitrogen functional groups attached to an aromatic ring is 1. The molecule has 0 bridgehead atoms. The van der Waals surface area contributed by atoms with Crippen LogP contribution in [0.1, 0.15) is 11.3 Å². The Kier molecular flexibility index (Phi) is 3.13. The molecular formula is C12H9F4N3. The Bertz CT molecular complexity index is 623. The number of nitrogens with two attached hydrogens (primary N) is 1. The van der Waals surface area contributed by atoms with E-state index in [1.54, 1.807) is 6.92 Å². The molecule has 0 atom stereocenters. The van der Waals surface area contributed by atoms with Crippen LogP contribution in [0.15, 0.2) is 24.3 Å². The summed E-state index contributed by atoms with van der Waals surface area (Å²) in [6.45, 7) is 1.57. The highest BCUT2D eigenvalue weighted by atomic mass is 19.4. The first-order chi connectivity index (χ1) is 8.77. The predicted octanol–water partition coefficient (Wildman–Crippen LogP) is 3.19. The van der Waals surface area contributed by atoms with Gasteiger partial charge in [0.05, 0.1) is 5.69 Å². The molecule has 2 rings (SSSR count). The van der Waals surface area contributed by atoms with Gasteiger partial charge in [-0.05, 0) is 36.8 Å². The SMILES string of the molecule is Cc1cc(F)ccc1-c1cc(C(F)(F)F)nc(N)n1. The minimum Gasteiger partial charge on any atom is -0.368 e. The summed E-state index contributed by atoms with van der Waals surface area (Å²) >= 11 is 0. The molecule has 19 heavy (non-hydrogen) atoms. The highest BCUT2D eigenvalue weighted by Crippen LogP contribution is 2.31. The van der Waals surface area contributed by atoms with Crippen LogP contribution in [-0.4, -0.2) is 9.97 Å². The average molecular weight is 271 g/mol. The fourth-order valence-electron chi connectivity index (χ4n) is 1.66. The van der Waals surface area contributed by atoms with Crippen LogP contribution in [0.5, 0.6) is 0 Å². The Morgan fingerprint density at radius 2 is 1.79 bits per heavy atom. The molecule has 0 radical (unpaired) electrons. The van der Waals surface area contributed by atoms with Crippen molar-refractivity contribution < 1.29 is 17.6 Å². The molecule has 0 saturated heterocycles. The van der Waals surface area contributed by atoms with Crippen molar-refractivity contribution in [2.45, 2.75) is 13.1 Å². The zero-order valence-corrected chi connectivity index (χ0v) is 9.79. The molecule has 1 aromatic carbocycles. The van der Waals surface area contributed by atoms with Crippen molar-refractivity contribution in [1.82, 2.24) is 9.97 Å². The smallest absolute Gasteiger partial charge is 0.368 e. The quantitative estimate of drug-likeness (QED) is 0.810. The van der Waals surface area contributed by atoms with E-state index in [0.717, 1.165) is 12.1 Å². The highest BCUT2D eigenvalue weighted by molar-refractivity contribution is 5.64. The first-order valence-corrected chi connectivity index (χ1v) is 5.25. The molecule has 3 nitrogen and oxygen atoms in total. The minimum absolute atomic E-state index is 0.0114. The van der Waals surface area contributed by atoms with E-state index in [9.17, 15) is 17.6 Å². The van der Waals surface area contributed by atoms with Gasteiger partial charge in [0.2, 0.25) is 5.95 Å². The summed E-state index contributed by atoms with van der Waals surface area (Å²) in [4.78, 5) is 6.90. The predicted molar refractivity (Wildman–Crippen MR) is 61.6 cm³/mol. The molecule has 2 N–H and O–H groups in total. The van der Waals surface area contributed by atoms with Crippen LogP contribution in [0.3, 0.4) is 0 Å². The van der Waals surface area contributed by atoms with E-state index in [-0.39, 0.29) is 5.69 Å². The Labute approximate surface area is 106 Å². The molecule has 0 saturated carbocycles. The molecule has 1 heterocycles. The molecule has 2 aromatic rings. The Hall–Kier alpha value is -2.18. The van der Waals surface area contributed by atoms with E-state index >= 15 is 0 Å². The Morgan fingerprint density at radius 1 is 1.11 bits per heavy atom. The number of aryl methyl sites for hydroxylation is 1. The van der Waals surface area contributed by atoms with Gasteiger partial charge in [0.1, 0.15) is 5.82 Å². The molecule has 0 fully saturated rings. The molecule has 1 aromatic heterocycles. The van der Waals surface area contributed by atoms with Gasteiger partial charge in [-0.2, -0.15) is 13.2 Å². The molecule has 0 amide bonds. The maximum Gasteiger partial charge on any atom is 0.433 e. The summed E-state index contributed by atoms with van der Waals surface area (Å²) in [6, 6.07) is 4.50. The van der Waals surface area contributed by atoms with E-state index in [1.807, 2.05) is 0 Å². The second-order valence-electron chi connectivity index (χ2n) is 3.95. The fraction of sp³-hybridized carbons (Fsp3) is 0.167. The summed E-state index contributed by atoms with van der Waals surface area (Å²) < 4.78 is 50.8. The van der Waals surface area contributed by atoms with Crippen LogP contribution >= 0.6 is 0 Å². The van der Waals surface area contributed by atoms with Crippen molar-refractivity contribution in [3.63, 3.8) is 0 Å². The molecule has 0 aliphatic rings. The van der Waals surface area contributed by atoms with Crippen molar-refractivity contribution in [2.75, 3.05) is 5.73 Å².